The van der Waals surface area contributed by atoms with Gasteiger partial charge in [0.25, 0.3) is 5.56 Å². The number of likely N-dealkylation sites (tertiary alicyclic amines) is 1. The summed E-state index contributed by atoms with van der Waals surface area (Å²) in [7, 11) is 0. The van der Waals surface area contributed by atoms with Gasteiger partial charge in [-0.25, -0.2) is 0 Å². The molecule has 3 nitrogen and oxygen atoms in total. The second kappa shape index (κ2) is 5.41. The summed E-state index contributed by atoms with van der Waals surface area (Å²) in [5, 5.41) is 1.86. The Hall–Kier alpha value is -1.61. The third kappa shape index (κ3) is 2.50. The molecule has 1 fully saturated rings. The normalized spacial score (nSPS) is 20.1. The molecule has 2 heterocycles. The summed E-state index contributed by atoms with van der Waals surface area (Å²) in [6.07, 6.45) is 3.14. The first-order valence-electron chi connectivity index (χ1n) is 7.47. The van der Waals surface area contributed by atoms with E-state index in [1.807, 2.05) is 41.1 Å². The van der Waals surface area contributed by atoms with Crippen LogP contribution in [0.3, 0.4) is 0 Å². The van der Waals surface area contributed by atoms with Gasteiger partial charge in [-0.2, -0.15) is 0 Å². The highest BCUT2D eigenvalue weighted by molar-refractivity contribution is 5.81. The van der Waals surface area contributed by atoms with Crippen LogP contribution in [0.5, 0.6) is 0 Å². The molecule has 0 radical (unpaired) electrons. The fraction of sp³-hybridized carbons (Fsp3) is 0.471. The van der Waals surface area contributed by atoms with Crippen LogP contribution in [0.2, 0.25) is 0 Å². The van der Waals surface area contributed by atoms with Crippen molar-refractivity contribution in [3.63, 3.8) is 0 Å². The van der Waals surface area contributed by atoms with Crippen LogP contribution in [-0.2, 0) is 6.54 Å². The fourth-order valence-electron chi connectivity index (χ4n) is 3.13. The Morgan fingerprint density at radius 2 is 2.05 bits per heavy atom. The Balaban J connectivity index is 1.82. The second-order valence-electron chi connectivity index (χ2n) is 6.10. The lowest BCUT2D eigenvalue weighted by molar-refractivity contribution is 0.260. The Morgan fingerprint density at radius 3 is 2.80 bits per heavy atom. The highest BCUT2D eigenvalue weighted by Gasteiger charge is 2.24. The van der Waals surface area contributed by atoms with Gasteiger partial charge in [0.05, 0.1) is 0 Å². The summed E-state index contributed by atoms with van der Waals surface area (Å²) in [6.45, 7) is 7.59. The van der Waals surface area contributed by atoms with Crippen molar-refractivity contribution >= 4 is 10.8 Å². The lowest BCUT2D eigenvalue weighted by Crippen LogP contribution is -2.30. The summed E-state index contributed by atoms with van der Waals surface area (Å²) in [5.74, 6) is 0.594. The molecule has 20 heavy (non-hydrogen) atoms. The predicted molar refractivity (Wildman–Crippen MR) is 83.0 cm³/mol. The van der Waals surface area contributed by atoms with E-state index in [2.05, 4.69) is 18.7 Å². The number of benzene rings is 1. The largest absolute Gasteiger partial charge is 0.315 e. The molecule has 1 aromatic carbocycles. The molecule has 2 aromatic rings. The lowest BCUT2D eigenvalue weighted by Gasteiger charge is -2.20. The molecule has 0 N–H and O–H groups in total. The van der Waals surface area contributed by atoms with Crippen LogP contribution < -0.4 is 5.56 Å². The highest BCUT2D eigenvalue weighted by atomic mass is 16.1. The lowest BCUT2D eigenvalue weighted by atomic mass is 10.1. The quantitative estimate of drug-likeness (QED) is 0.857. The Labute approximate surface area is 119 Å². The van der Waals surface area contributed by atoms with Gasteiger partial charge in [-0.15, -0.1) is 0 Å². The molecule has 1 aliphatic rings. The Bertz CT molecular complexity index is 659. The van der Waals surface area contributed by atoms with Crippen molar-refractivity contribution in [2.45, 2.75) is 32.9 Å². The van der Waals surface area contributed by atoms with Gasteiger partial charge in [0.2, 0.25) is 0 Å². The zero-order valence-corrected chi connectivity index (χ0v) is 12.2. The summed E-state index contributed by atoms with van der Waals surface area (Å²) in [4.78, 5) is 15.0. The van der Waals surface area contributed by atoms with E-state index >= 15 is 0 Å². The van der Waals surface area contributed by atoms with Gasteiger partial charge in [0, 0.05) is 30.7 Å². The van der Waals surface area contributed by atoms with Crippen molar-refractivity contribution in [3.05, 3.63) is 46.9 Å². The molecule has 1 atom stereocenters. The topological polar surface area (TPSA) is 25.2 Å². The SMILES string of the molecule is CC(C)N1CC[C@@H](Cn2ccc3ccccc3c2=O)C1. The first kappa shape index (κ1) is 13.4. The third-order valence-corrected chi connectivity index (χ3v) is 4.39. The van der Waals surface area contributed by atoms with Gasteiger partial charge >= 0.3 is 0 Å². The summed E-state index contributed by atoms with van der Waals surface area (Å²) >= 11 is 0. The van der Waals surface area contributed by atoms with Gasteiger partial charge in [-0.3, -0.25) is 4.79 Å². The van der Waals surface area contributed by atoms with E-state index in [4.69, 9.17) is 0 Å². The minimum atomic E-state index is 0.145. The van der Waals surface area contributed by atoms with Crippen LogP contribution in [-0.4, -0.2) is 28.6 Å². The number of hydrogen-bond acceptors (Lipinski definition) is 2. The van der Waals surface area contributed by atoms with E-state index in [9.17, 15) is 4.79 Å². The smallest absolute Gasteiger partial charge is 0.258 e. The van der Waals surface area contributed by atoms with E-state index in [1.54, 1.807) is 0 Å². The van der Waals surface area contributed by atoms with Gasteiger partial charge in [-0.05, 0) is 50.2 Å². The van der Waals surface area contributed by atoms with Crippen LogP contribution >= 0.6 is 0 Å². The molecule has 1 aliphatic heterocycles. The van der Waals surface area contributed by atoms with Crippen LogP contribution in [0.25, 0.3) is 10.8 Å². The molecule has 3 heteroatoms. The molecular formula is C17H22N2O. The van der Waals surface area contributed by atoms with Crippen molar-refractivity contribution in [1.82, 2.24) is 9.47 Å². The summed E-state index contributed by atoms with van der Waals surface area (Å²) in [6, 6.07) is 10.5. The average molecular weight is 270 g/mol. The number of nitrogens with zero attached hydrogens (tertiary/aromatic N) is 2. The predicted octanol–water partition coefficient (Wildman–Crippen LogP) is 2.73. The average Bonchev–Trinajstić information content (AvgIpc) is 2.91. The molecule has 1 saturated heterocycles. The Morgan fingerprint density at radius 1 is 1.25 bits per heavy atom. The molecule has 0 unspecified atom stereocenters. The van der Waals surface area contributed by atoms with Crippen molar-refractivity contribution in [2.24, 2.45) is 5.92 Å². The summed E-state index contributed by atoms with van der Waals surface area (Å²) < 4.78 is 1.89. The monoisotopic (exact) mass is 270 g/mol. The molecule has 0 bridgehead atoms. The van der Waals surface area contributed by atoms with Crippen molar-refractivity contribution in [1.29, 1.82) is 0 Å². The van der Waals surface area contributed by atoms with E-state index in [1.165, 1.54) is 6.42 Å². The molecule has 0 amide bonds. The minimum Gasteiger partial charge on any atom is -0.315 e. The number of rotatable bonds is 3. The van der Waals surface area contributed by atoms with Gasteiger partial charge in [0.15, 0.2) is 0 Å². The standard InChI is InChI=1S/C17H22N2O/c1-13(2)18-9-7-14(11-18)12-19-10-8-15-5-3-4-6-16(15)17(19)20/h3-6,8,10,13-14H,7,9,11-12H2,1-2H3/t14-/m1/s1. The molecule has 3 rings (SSSR count). The minimum absolute atomic E-state index is 0.145. The van der Waals surface area contributed by atoms with Crippen molar-refractivity contribution in [3.8, 4) is 0 Å². The number of aromatic nitrogens is 1. The van der Waals surface area contributed by atoms with Crippen molar-refractivity contribution in [2.75, 3.05) is 13.1 Å². The van der Waals surface area contributed by atoms with E-state index < -0.39 is 0 Å². The molecule has 0 spiro atoms. The molecular weight excluding hydrogens is 248 g/mol. The molecule has 0 saturated carbocycles. The molecule has 0 aliphatic carbocycles. The highest BCUT2D eigenvalue weighted by Crippen LogP contribution is 2.20. The maximum atomic E-state index is 12.5. The zero-order chi connectivity index (χ0) is 14.1. The van der Waals surface area contributed by atoms with Gasteiger partial charge in [-0.1, -0.05) is 18.2 Å². The van der Waals surface area contributed by atoms with Crippen LogP contribution in [0.1, 0.15) is 20.3 Å². The third-order valence-electron chi connectivity index (χ3n) is 4.39. The van der Waals surface area contributed by atoms with Gasteiger partial charge < -0.3 is 9.47 Å². The van der Waals surface area contributed by atoms with E-state index in [-0.39, 0.29) is 5.56 Å². The van der Waals surface area contributed by atoms with Crippen molar-refractivity contribution < 1.29 is 0 Å². The second-order valence-corrected chi connectivity index (χ2v) is 6.10. The maximum absolute atomic E-state index is 12.5. The van der Waals surface area contributed by atoms with E-state index in [0.29, 0.717) is 12.0 Å². The summed E-state index contributed by atoms with van der Waals surface area (Å²) in [5.41, 5.74) is 0.145. The Kier molecular flexibility index (Phi) is 3.62. The van der Waals surface area contributed by atoms with E-state index in [0.717, 1.165) is 30.4 Å². The van der Waals surface area contributed by atoms with Crippen LogP contribution in [0.15, 0.2) is 41.3 Å². The zero-order valence-electron chi connectivity index (χ0n) is 12.2. The fourth-order valence-corrected chi connectivity index (χ4v) is 3.13. The maximum Gasteiger partial charge on any atom is 0.258 e. The van der Waals surface area contributed by atoms with Crippen LogP contribution in [0.4, 0.5) is 0 Å². The molecule has 1 aromatic heterocycles. The van der Waals surface area contributed by atoms with Gasteiger partial charge in [0.1, 0.15) is 0 Å². The number of pyridine rings is 1. The van der Waals surface area contributed by atoms with Crippen LogP contribution in [0, 0.1) is 5.92 Å². The molecule has 106 valence electrons. The number of fused-ring (bicyclic) bond motifs is 1. The first-order valence-corrected chi connectivity index (χ1v) is 7.47. The first-order chi connectivity index (χ1) is 9.65. The number of hydrogen-bond donors (Lipinski definition) is 0.